The van der Waals surface area contributed by atoms with Gasteiger partial charge in [0.15, 0.2) is 0 Å². The van der Waals surface area contributed by atoms with Gasteiger partial charge in [-0.3, -0.25) is 0 Å². The summed E-state index contributed by atoms with van der Waals surface area (Å²) in [6.45, 7) is 16.0. The Kier molecular flexibility index (Phi) is 16.3. The van der Waals surface area contributed by atoms with Crippen LogP contribution >= 0.6 is 11.8 Å². The molecule has 0 fully saturated rings. The van der Waals surface area contributed by atoms with E-state index in [1.165, 1.54) is 0 Å². The molecular weight excluding hydrogens is 742 g/mol. The zero-order valence-corrected chi connectivity index (χ0v) is 24.2. The monoisotopic (exact) mass is 762 g/mol. The van der Waals surface area contributed by atoms with Crippen LogP contribution in [0.1, 0.15) is 0 Å². The van der Waals surface area contributed by atoms with Crippen molar-refractivity contribution in [1.82, 2.24) is 0 Å². The number of hydrogen-bond acceptors (Lipinski definition) is 3. The molecule has 0 saturated carbocycles. The van der Waals surface area contributed by atoms with Crippen LogP contribution in [-0.2, 0) is 9.47 Å². The van der Waals surface area contributed by atoms with Gasteiger partial charge in [-0.15, -0.1) is 13.2 Å². The number of thioether (sulfide) groups is 1. The fraction of sp³-hybridized carbons (Fsp3) is 0.500. The Morgan fingerprint density at radius 2 is 1.29 bits per heavy atom. The Balaban J connectivity index is -0.000000980. The van der Waals surface area contributed by atoms with Gasteiger partial charge in [-0.25, -0.2) is 0 Å². The summed E-state index contributed by atoms with van der Waals surface area (Å²) in [4.78, 5) is 0. The third-order valence-electron chi connectivity index (χ3n) is 1.51. The molecule has 0 aromatic heterocycles. The molecule has 0 aliphatic heterocycles. The van der Waals surface area contributed by atoms with Crippen molar-refractivity contribution in [3.8, 4) is 0 Å². The number of rotatable bonds is 10. The summed E-state index contributed by atoms with van der Waals surface area (Å²) in [5.41, 5.74) is 0. The van der Waals surface area contributed by atoms with Crippen LogP contribution in [0.15, 0.2) is 25.3 Å². The standard InChI is InChI=1S/C12H20O2S.2Rf/c1-5-7-13-11(3)9-15-10-12(4)14-8-6-2;;/h5-6,11-12H,1-4,7-10H2;;/q-2;;. The molecule has 0 aromatic carbocycles. The first-order valence-electron chi connectivity index (χ1n) is 4.89. The van der Waals surface area contributed by atoms with Crippen LogP contribution in [0.3, 0.4) is 0 Å². The van der Waals surface area contributed by atoms with Crippen molar-refractivity contribution in [2.75, 3.05) is 24.7 Å². The van der Waals surface area contributed by atoms with E-state index in [0.717, 1.165) is 11.5 Å². The van der Waals surface area contributed by atoms with Crippen LogP contribution in [0, 0.1) is 13.8 Å². The fourth-order valence-electron chi connectivity index (χ4n) is 0.835. The van der Waals surface area contributed by atoms with Crippen molar-refractivity contribution in [2.24, 2.45) is 0 Å². The van der Waals surface area contributed by atoms with Crippen LogP contribution in [0.4, 0.5) is 0 Å². The van der Waals surface area contributed by atoms with Crippen molar-refractivity contribution < 1.29 is 9.47 Å². The Hall–Kier alpha value is -2.25. The fourth-order valence-corrected chi connectivity index (χ4v) is 1.69. The molecule has 0 heterocycles. The molecular formula is C12H20O2Rf2S-2. The summed E-state index contributed by atoms with van der Waals surface area (Å²) < 4.78 is 10.7. The van der Waals surface area contributed by atoms with Crippen LogP contribution in [0.25, 0.3) is 0 Å². The second-order valence-electron chi connectivity index (χ2n) is 3.03. The van der Waals surface area contributed by atoms with Crippen LogP contribution in [0.5, 0.6) is 0 Å². The van der Waals surface area contributed by atoms with Gasteiger partial charge in [0, 0.05) is 0 Å². The summed E-state index contributed by atoms with van der Waals surface area (Å²) in [7, 11) is 0. The van der Waals surface area contributed by atoms with E-state index in [4.69, 9.17) is 9.47 Å². The Bertz CT molecular complexity index is 162. The maximum atomic E-state index is 5.33. The molecule has 0 aliphatic carbocycles. The van der Waals surface area contributed by atoms with Gasteiger partial charge >= 0.3 is 0 Å². The van der Waals surface area contributed by atoms with Gasteiger partial charge in [0.1, 0.15) is 0 Å². The summed E-state index contributed by atoms with van der Waals surface area (Å²) in [5, 5.41) is 0. The van der Waals surface area contributed by atoms with E-state index in [0.29, 0.717) is 13.2 Å². The minimum Gasteiger partial charge on any atom is -0.405 e. The molecule has 2 atom stereocenters. The van der Waals surface area contributed by atoms with Gasteiger partial charge in [-0.2, -0.15) is 11.8 Å². The topological polar surface area (TPSA) is 18.5 Å². The first kappa shape index (κ1) is 20.2. The smallest absolute Gasteiger partial charge is 0.0613 e. The zero-order valence-electron chi connectivity index (χ0n) is 10.6. The molecule has 0 spiro atoms. The quantitative estimate of drug-likeness (QED) is 0.252. The molecule has 0 saturated heterocycles. The van der Waals surface area contributed by atoms with Crippen molar-refractivity contribution >= 4 is 11.8 Å². The molecule has 0 rings (SSSR count). The third-order valence-corrected chi connectivity index (χ3v) is 2.72. The van der Waals surface area contributed by atoms with Crippen molar-refractivity contribution in [3.05, 3.63) is 39.2 Å². The van der Waals surface area contributed by atoms with Crippen LogP contribution in [-0.4, -0.2) is 36.9 Å². The molecule has 5 heteroatoms. The molecule has 0 radical (unpaired) electrons. The van der Waals surface area contributed by atoms with Crippen molar-refractivity contribution in [3.63, 3.8) is 0 Å². The summed E-state index contributed by atoms with van der Waals surface area (Å²) in [5.74, 6) is 1.69. The molecule has 0 N–H and O–H groups in total. The SMILES string of the molecule is C=CCOC([CH2-])CSCC([CH2-])OCC=C.[Rf].[Rf]. The second-order valence-corrected chi connectivity index (χ2v) is 4.10. The molecule has 0 bridgehead atoms. The van der Waals surface area contributed by atoms with E-state index in [9.17, 15) is 0 Å². The maximum Gasteiger partial charge on any atom is 0.0613 e. The molecule has 2 nitrogen and oxygen atoms in total. The van der Waals surface area contributed by atoms with Gasteiger partial charge in [0.05, 0.1) is 13.2 Å². The average Bonchev–Trinajstić information content (AvgIpc) is 2.23. The maximum absolute atomic E-state index is 5.33. The molecule has 92 valence electrons. The first-order chi connectivity index (χ1) is 7.20. The van der Waals surface area contributed by atoms with Crippen LogP contribution in [0.2, 0.25) is 0 Å². The van der Waals surface area contributed by atoms with E-state index in [1.807, 2.05) is 0 Å². The largest absolute Gasteiger partial charge is 0.405 e. The predicted molar refractivity (Wildman–Crippen MR) is 67.9 cm³/mol. The average molecular weight is 762 g/mol. The molecule has 2 unspecified atom stereocenters. The molecule has 0 aliphatic rings. The normalized spacial score (nSPS) is 12.8. The van der Waals surface area contributed by atoms with E-state index in [-0.39, 0.29) is 12.2 Å². The minimum atomic E-state index is -0.000366. The first-order valence-corrected chi connectivity index (χ1v) is 6.05. The van der Waals surface area contributed by atoms with Crippen molar-refractivity contribution in [2.45, 2.75) is 12.2 Å². The number of hydrogen-bond donors (Lipinski definition) is 0. The number of ether oxygens (including phenoxy) is 2. The molecule has 0 aromatic rings. The van der Waals surface area contributed by atoms with E-state index in [2.05, 4.69) is 27.0 Å². The summed E-state index contributed by atoms with van der Waals surface area (Å²) in [6, 6.07) is 0. The van der Waals surface area contributed by atoms with Crippen molar-refractivity contribution in [1.29, 1.82) is 0 Å². The summed E-state index contributed by atoms with van der Waals surface area (Å²) in [6.07, 6.45) is 3.44. The minimum absolute atomic E-state index is 0. The Labute approximate surface area is 97.7 Å². The van der Waals surface area contributed by atoms with E-state index < -0.39 is 0 Å². The molecule has 17 heavy (non-hydrogen) atoms. The Morgan fingerprint density at radius 1 is 0.941 bits per heavy atom. The second kappa shape index (κ2) is 13.8. The predicted octanol–water partition coefficient (Wildman–Crippen LogP) is 2.53. The Morgan fingerprint density at radius 3 is 1.59 bits per heavy atom. The van der Waals surface area contributed by atoms with Gasteiger partial charge in [0.25, 0.3) is 0 Å². The third kappa shape index (κ3) is 13.8. The summed E-state index contributed by atoms with van der Waals surface area (Å²) >= 11 is 1.73. The zero-order chi connectivity index (χ0) is 11.5. The van der Waals surface area contributed by atoms with Gasteiger partial charge in [0.2, 0.25) is 0 Å². The van der Waals surface area contributed by atoms with E-state index in [1.54, 1.807) is 23.9 Å². The van der Waals surface area contributed by atoms with Gasteiger partial charge < -0.3 is 23.3 Å². The van der Waals surface area contributed by atoms with Gasteiger partial charge in [-0.1, -0.05) is 24.4 Å². The molecule has 0 amide bonds. The van der Waals surface area contributed by atoms with E-state index >= 15 is 0 Å². The van der Waals surface area contributed by atoms with Gasteiger partial charge in [-0.05, 0) is 11.5 Å². The van der Waals surface area contributed by atoms with Crippen LogP contribution < -0.4 is 0 Å².